The highest BCUT2D eigenvalue weighted by Gasteiger charge is 2.51. The lowest BCUT2D eigenvalue weighted by Gasteiger charge is -2.32. The highest BCUT2D eigenvalue weighted by molar-refractivity contribution is 6.62. The predicted octanol–water partition coefficient (Wildman–Crippen LogP) is 1.48. The van der Waals surface area contributed by atoms with Gasteiger partial charge in [0.25, 0.3) is 0 Å². The summed E-state index contributed by atoms with van der Waals surface area (Å²) in [5, 5.41) is 3.09. The summed E-state index contributed by atoms with van der Waals surface area (Å²) in [5.41, 5.74) is -0.188. The maximum atomic E-state index is 14.2. The number of nitrogens with one attached hydrogen (secondary N) is 1. The Labute approximate surface area is 125 Å². The van der Waals surface area contributed by atoms with Crippen LogP contribution < -0.4 is 15.5 Å². The second kappa shape index (κ2) is 4.97. The smallest absolute Gasteiger partial charge is 0.485 e. The molecule has 0 radical (unpaired) electrons. The van der Waals surface area contributed by atoms with E-state index in [1.807, 2.05) is 27.7 Å². The first-order valence-electron chi connectivity index (χ1n) is 7.31. The molecule has 3 rings (SSSR count). The van der Waals surface area contributed by atoms with Crippen LogP contribution in [0, 0.1) is 5.82 Å². The summed E-state index contributed by atoms with van der Waals surface area (Å²) in [7, 11) is -0.552. The molecule has 0 atom stereocenters. The molecule has 114 valence electrons. The van der Waals surface area contributed by atoms with E-state index < -0.39 is 18.3 Å². The highest BCUT2D eigenvalue weighted by atomic mass is 19.1. The average molecular weight is 293 g/mol. The zero-order valence-corrected chi connectivity index (χ0v) is 12.9. The van der Waals surface area contributed by atoms with Gasteiger partial charge in [-0.15, -0.1) is 0 Å². The van der Waals surface area contributed by atoms with E-state index in [1.54, 1.807) is 12.1 Å². The minimum absolute atomic E-state index is 0.0576. The van der Waals surface area contributed by atoms with Crippen LogP contribution >= 0.6 is 0 Å². The van der Waals surface area contributed by atoms with Gasteiger partial charge < -0.3 is 19.4 Å². The Balaban J connectivity index is 1.76. The van der Waals surface area contributed by atoms with Gasteiger partial charge in [-0.2, -0.15) is 0 Å². The molecule has 2 aliphatic rings. The van der Waals surface area contributed by atoms with Crippen LogP contribution in [0.4, 0.5) is 4.39 Å². The van der Waals surface area contributed by atoms with Crippen molar-refractivity contribution in [3.63, 3.8) is 0 Å². The van der Waals surface area contributed by atoms with Gasteiger partial charge in [-0.25, -0.2) is 4.39 Å². The maximum Gasteiger partial charge on any atom is 0.494 e. The van der Waals surface area contributed by atoms with Crippen LogP contribution in [0.2, 0.25) is 0 Å². The van der Waals surface area contributed by atoms with Crippen LogP contribution in [0.1, 0.15) is 27.7 Å². The van der Waals surface area contributed by atoms with Crippen molar-refractivity contribution in [3.8, 4) is 5.75 Å². The number of ether oxygens (including phenoxy) is 1. The Morgan fingerprint density at radius 3 is 2.29 bits per heavy atom. The molecule has 2 saturated heterocycles. The molecule has 2 fully saturated rings. The van der Waals surface area contributed by atoms with Crippen molar-refractivity contribution in [3.05, 3.63) is 24.0 Å². The Hall–Kier alpha value is -1.11. The third kappa shape index (κ3) is 2.68. The number of rotatable bonds is 3. The Bertz CT molecular complexity index is 530. The molecule has 2 aliphatic heterocycles. The van der Waals surface area contributed by atoms with Gasteiger partial charge in [0.15, 0.2) is 11.6 Å². The van der Waals surface area contributed by atoms with Crippen molar-refractivity contribution in [1.82, 2.24) is 5.32 Å². The molecule has 1 N–H and O–H groups in total. The van der Waals surface area contributed by atoms with Crippen LogP contribution in [0.25, 0.3) is 0 Å². The van der Waals surface area contributed by atoms with E-state index in [2.05, 4.69) is 5.32 Å². The lowest BCUT2D eigenvalue weighted by atomic mass is 9.79. The van der Waals surface area contributed by atoms with E-state index in [0.717, 1.165) is 13.1 Å². The van der Waals surface area contributed by atoms with Crippen molar-refractivity contribution < 1.29 is 18.4 Å². The summed E-state index contributed by atoms with van der Waals surface area (Å²) in [6.45, 7) is 9.43. The monoisotopic (exact) mass is 293 g/mol. The lowest BCUT2D eigenvalue weighted by Crippen LogP contribution is -2.50. The Morgan fingerprint density at radius 1 is 1.19 bits per heavy atom. The molecule has 2 heterocycles. The molecule has 0 aromatic heterocycles. The SMILES string of the molecule is CC1(C)OB(c2ccc(OC3CNC3)c(F)c2)OC1(C)C. The maximum absolute atomic E-state index is 14.2. The standard InChI is InChI=1S/C15H21BFNO3/c1-14(2)15(3,4)21-16(20-14)10-5-6-13(12(17)7-10)19-11-8-18-9-11/h5-7,11,18H,8-9H2,1-4H3. The molecule has 0 spiro atoms. The number of hydrogen-bond donors (Lipinski definition) is 1. The van der Waals surface area contributed by atoms with E-state index in [9.17, 15) is 4.39 Å². The van der Waals surface area contributed by atoms with Crippen molar-refractivity contribution in [1.29, 1.82) is 0 Å². The van der Waals surface area contributed by atoms with Gasteiger partial charge >= 0.3 is 7.12 Å². The fourth-order valence-electron chi connectivity index (χ4n) is 2.26. The third-order valence-corrected chi connectivity index (χ3v) is 4.52. The highest BCUT2D eigenvalue weighted by Crippen LogP contribution is 2.36. The quantitative estimate of drug-likeness (QED) is 0.857. The molecular weight excluding hydrogens is 272 g/mol. The molecule has 0 saturated carbocycles. The van der Waals surface area contributed by atoms with Crippen LogP contribution in [0.15, 0.2) is 18.2 Å². The van der Waals surface area contributed by atoms with E-state index in [-0.39, 0.29) is 17.7 Å². The summed E-state index contributed by atoms with van der Waals surface area (Å²) in [6.07, 6.45) is 0.0576. The normalized spacial score (nSPS) is 24.0. The van der Waals surface area contributed by atoms with E-state index >= 15 is 0 Å². The molecule has 1 aromatic rings. The van der Waals surface area contributed by atoms with Crippen molar-refractivity contribution >= 4 is 12.6 Å². The second-order valence-corrected chi connectivity index (χ2v) is 6.68. The van der Waals surface area contributed by atoms with Crippen molar-refractivity contribution in [2.75, 3.05) is 13.1 Å². The zero-order chi connectivity index (χ0) is 15.3. The molecule has 0 bridgehead atoms. The molecular formula is C15H21BFNO3. The van der Waals surface area contributed by atoms with Crippen LogP contribution in [-0.2, 0) is 9.31 Å². The average Bonchev–Trinajstić information content (AvgIpc) is 2.54. The van der Waals surface area contributed by atoms with Gasteiger partial charge in [-0.05, 0) is 45.3 Å². The first-order chi connectivity index (χ1) is 9.78. The predicted molar refractivity (Wildman–Crippen MR) is 79.4 cm³/mol. The van der Waals surface area contributed by atoms with Crippen molar-refractivity contribution in [2.45, 2.75) is 45.0 Å². The Kier molecular flexibility index (Phi) is 3.51. The van der Waals surface area contributed by atoms with Gasteiger partial charge in [0.05, 0.1) is 11.2 Å². The minimum atomic E-state index is -0.552. The first-order valence-corrected chi connectivity index (χ1v) is 7.31. The number of benzene rings is 1. The zero-order valence-electron chi connectivity index (χ0n) is 12.9. The molecule has 0 amide bonds. The molecule has 0 unspecified atom stereocenters. The number of hydrogen-bond acceptors (Lipinski definition) is 4. The summed E-state index contributed by atoms with van der Waals surface area (Å²) < 4.78 is 31.6. The van der Waals surface area contributed by atoms with E-state index in [4.69, 9.17) is 14.0 Å². The van der Waals surface area contributed by atoms with Gasteiger partial charge in [0.1, 0.15) is 6.10 Å². The first kappa shape index (κ1) is 14.8. The largest absolute Gasteiger partial charge is 0.494 e. The molecule has 6 heteroatoms. The lowest BCUT2D eigenvalue weighted by molar-refractivity contribution is 0.00578. The summed E-state index contributed by atoms with van der Waals surface area (Å²) in [5.74, 6) is -0.101. The van der Waals surface area contributed by atoms with Crippen LogP contribution in [0.3, 0.4) is 0 Å². The topological polar surface area (TPSA) is 39.7 Å². The third-order valence-electron chi connectivity index (χ3n) is 4.52. The Morgan fingerprint density at radius 2 is 1.81 bits per heavy atom. The van der Waals surface area contributed by atoms with Gasteiger partial charge in [-0.3, -0.25) is 0 Å². The van der Waals surface area contributed by atoms with E-state index in [1.165, 1.54) is 6.07 Å². The van der Waals surface area contributed by atoms with Gasteiger partial charge in [0.2, 0.25) is 0 Å². The van der Waals surface area contributed by atoms with Crippen LogP contribution in [0.5, 0.6) is 5.75 Å². The van der Waals surface area contributed by atoms with E-state index in [0.29, 0.717) is 5.46 Å². The van der Waals surface area contributed by atoms with Gasteiger partial charge in [0, 0.05) is 13.1 Å². The molecule has 21 heavy (non-hydrogen) atoms. The van der Waals surface area contributed by atoms with Crippen molar-refractivity contribution in [2.24, 2.45) is 0 Å². The molecule has 4 nitrogen and oxygen atoms in total. The van der Waals surface area contributed by atoms with Crippen LogP contribution in [-0.4, -0.2) is 37.5 Å². The fraction of sp³-hybridized carbons (Fsp3) is 0.600. The summed E-state index contributed by atoms with van der Waals surface area (Å²) >= 11 is 0. The molecule has 1 aromatic carbocycles. The minimum Gasteiger partial charge on any atom is -0.485 e. The van der Waals surface area contributed by atoms with Gasteiger partial charge in [-0.1, -0.05) is 6.07 Å². The fourth-order valence-corrected chi connectivity index (χ4v) is 2.26. The summed E-state index contributed by atoms with van der Waals surface area (Å²) in [4.78, 5) is 0. The number of halogens is 1. The summed E-state index contributed by atoms with van der Waals surface area (Å²) in [6, 6.07) is 4.88. The second-order valence-electron chi connectivity index (χ2n) is 6.68. The molecule has 0 aliphatic carbocycles.